The molecule has 1 N–H and O–H groups in total. The predicted octanol–water partition coefficient (Wildman–Crippen LogP) is 5.17. The smallest absolute Gasteiger partial charge is 0.243 e. The van der Waals surface area contributed by atoms with Crippen LogP contribution in [0.5, 0.6) is 5.75 Å². The number of hydrogen-bond donors (Lipinski definition) is 1. The Morgan fingerprint density at radius 1 is 0.864 bits per heavy atom. The van der Waals surface area contributed by atoms with Gasteiger partial charge >= 0.3 is 0 Å². The monoisotopic (exact) mass is 613 g/mol. The van der Waals surface area contributed by atoms with Crippen molar-refractivity contribution < 1.29 is 22.7 Å². The molecule has 8 nitrogen and oxygen atoms in total. The van der Waals surface area contributed by atoms with Crippen LogP contribution < -0.4 is 10.1 Å². The molecule has 4 aromatic rings. The van der Waals surface area contributed by atoms with Crippen LogP contribution in [0.2, 0.25) is 0 Å². The van der Waals surface area contributed by atoms with Crippen LogP contribution >= 0.6 is 0 Å². The number of fused-ring (bicyclic) bond motifs is 1. The zero-order chi connectivity index (χ0) is 31.1. The van der Waals surface area contributed by atoms with Gasteiger partial charge in [0.1, 0.15) is 11.8 Å². The van der Waals surface area contributed by atoms with Crippen molar-refractivity contribution in [2.75, 3.05) is 20.7 Å². The Morgan fingerprint density at radius 2 is 1.55 bits per heavy atom. The molecule has 1 aliphatic rings. The average molecular weight is 614 g/mol. The van der Waals surface area contributed by atoms with E-state index >= 15 is 0 Å². The van der Waals surface area contributed by atoms with Crippen molar-refractivity contribution in [3.05, 3.63) is 108 Å². The molecular weight excluding hydrogens is 574 g/mol. The van der Waals surface area contributed by atoms with E-state index in [1.54, 1.807) is 25.3 Å². The van der Waals surface area contributed by atoms with Gasteiger partial charge in [-0.25, -0.2) is 8.42 Å². The Hall–Kier alpha value is -4.21. The summed E-state index contributed by atoms with van der Waals surface area (Å²) in [5, 5.41) is 4.89. The normalized spacial score (nSPS) is 14.4. The topological polar surface area (TPSA) is 96.0 Å². The van der Waals surface area contributed by atoms with Gasteiger partial charge in [-0.3, -0.25) is 9.59 Å². The van der Waals surface area contributed by atoms with E-state index < -0.39 is 28.5 Å². The molecule has 0 radical (unpaired) electrons. The Labute approximate surface area is 259 Å². The second kappa shape index (κ2) is 14.1. The molecule has 0 bridgehead atoms. The minimum absolute atomic E-state index is 0.0606. The van der Waals surface area contributed by atoms with E-state index in [0.29, 0.717) is 5.75 Å². The van der Waals surface area contributed by atoms with E-state index in [4.69, 9.17) is 4.74 Å². The third-order valence-corrected chi connectivity index (χ3v) is 10.0. The molecule has 230 valence electrons. The number of nitrogens with zero attached hydrogens (tertiary/aromatic N) is 2. The molecule has 1 fully saturated rings. The molecule has 0 aromatic heterocycles. The second-order valence-corrected chi connectivity index (χ2v) is 13.4. The first-order valence-electron chi connectivity index (χ1n) is 15.0. The summed E-state index contributed by atoms with van der Waals surface area (Å²) in [5.74, 6) is -0.0832. The minimum Gasteiger partial charge on any atom is -0.497 e. The first kappa shape index (κ1) is 31.2. The van der Waals surface area contributed by atoms with Crippen molar-refractivity contribution in [2.24, 2.45) is 0 Å². The van der Waals surface area contributed by atoms with Gasteiger partial charge in [0.05, 0.1) is 18.6 Å². The molecule has 44 heavy (non-hydrogen) atoms. The van der Waals surface area contributed by atoms with E-state index in [0.717, 1.165) is 51.9 Å². The molecule has 5 rings (SSSR count). The number of carbonyl (C=O) groups is 2. The number of nitrogens with one attached hydrogen (secondary N) is 1. The number of rotatable bonds is 12. The quantitative estimate of drug-likeness (QED) is 0.238. The first-order valence-corrected chi connectivity index (χ1v) is 16.4. The number of carbonyl (C=O) groups excluding carboxylic acids is 2. The SMILES string of the molecule is COc1cccc(CN(C(=O)CN(C)S(=O)(=O)c2ccc3ccccc3c2)C(Cc2ccccc2)C(=O)NC2CCCC2)c1. The third-order valence-electron chi connectivity index (χ3n) is 8.25. The molecule has 0 aliphatic heterocycles. The summed E-state index contributed by atoms with van der Waals surface area (Å²) in [5.41, 5.74) is 1.67. The van der Waals surface area contributed by atoms with Gasteiger partial charge < -0.3 is 15.0 Å². The maximum Gasteiger partial charge on any atom is 0.243 e. The summed E-state index contributed by atoms with van der Waals surface area (Å²) in [7, 11) is -1.03. The lowest BCUT2D eigenvalue weighted by atomic mass is 10.0. The van der Waals surface area contributed by atoms with Crippen LogP contribution in [0.15, 0.2) is 102 Å². The van der Waals surface area contributed by atoms with Crippen molar-refractivity contribution in [1.29, 1.82) is 0 Å². The summed E-state index contributed by atoms with van der Waals surface area (Å²) >= 11 is 0. The molecular formula is C35H39N3O5S. The molecule has 1 aliphatic carbocycles. The molecule has 2 amide bonds. The number of methoxy groups -OCH3 is 1. The molecule has 4 aromatic carbocycles. The lowest BCUT2D eigenvalue weighted by Crippen LogP contribution is -2.54. The Morgan fingerprint density at radius 3 is 2.27 bits per heavy atom. The van der Waals surface area contributed by atoms with Crippen LogP contribution in [0.1, 0.15) is 36.8 Å². The fourth-order valence-electron chi connectivity index (χ4n) is 5.76. The molecule has 0 saturated heterocycles. The van der Waals surface area contributed by atoms with Gasteiger partial charge in [-0.2, -0.15) is 4.31 Å². The van der Waals surface area contributed by atoms with Crippen LogP contribution in [0.25, 0.3) is 10.8 Å². The summed E-state index contributed by atoms with van der Waals surface area (Å²) in [6, 6.07) is 28.6. The van der Waals surface area contributed by atoms with Gasteiger partial charge in [0, 0.05) is 26.1 Å². The number of benzene rings is 4. The van der Waals surface area contributed by atoms with E-state index in [-0.39, 0.29) is 29.8 Å². The Balaban J connectivity index is 1.46. The number of likely N-dealkylation sites (N-methyl/N-ethyl adjacent to an activating group) is 1. The molecule has 1 saturated carbocycles. The van der Waals surface area contributed by atoms with Crippen molar-refractivity contribution >= 4 is 32.6 Å². The van der Waals surface area contributed by atoms with E-state index in [1.807, 2.05) is 78.9 Å². The number of ether oxygens (including phenoxy) is 1. The van der Waals surface area contributed by atoms with Crippen molar-refractivity contribution in [1.82, 2.24) is 14.5 Å². The van der Waals surface area contributed by atoms with Gasteiger partial charge in [0.25, 0.3) is 0 Å². The number of amides is 2. The van der Waals surface area contributed by atoms with Gasteiger partial charge in [0.15, 0.2) is 0 Å². The molecule has 0 heterocycles. The highest BCUT2D eigenvalue weighted by Gasteiger charge is 2.34. The van der Waals surface area contributed by atoms with Crippen LogP contribution in [-0.2, 0) is 32.6 Å². The molecule has 1 atom stereocenters. The van der Waals surface area contributed by atoms with Crippen molar-refractivity contribution in [2.45, 2.75) is 55.6 Å². The maximum absolute atomic E-state index is 14.2. The zero-order valence-corrected chi connectivity index (χ0v) is 26.0. The lowest BCUT2D eigenvalue weighted by molar-refractivity contribution is -0.141. The highest BCUT2D eigenvalue weighted by Crippen LogP contribution is 2.24. The summed E-state index contributed by atoms with van der Waals surface area (Å²) < 4.78 is 33.8. The Bertz CT molecular complexity index is 1700. The highest BCUT2D eigenvalue weighted by molar-refractivity contribution is 7.89. The summed E-state index contributed by atoms with van der Waals surface area (Å²) in [6.07, 6.45) is 4.20. The van der Waals surface area contributed by atoms with Crippen LogP contribution in [-0.4, -0.2) is 62.2 Å². The predicted molar refractivity (Wildman–Crippen MR) is 172 cm³/mol. The van der Waals surface area contributed by atoms with Crippen LogP contribution in [0.3, 0.4) is 0 Å². The zero-order valence-electron chi connectivity index (χ0n) is 25.2. The number of sulfonamides is 1. The third kappa shape index (κ3) is 7.46. The van der Waals surface area contributed by atoms with Crippen molar-refractivity contribution in [3.8, 4) is 5.75 Å². The fourth-order valence-corrected chi connectivity index (χ4v) is 6.92. The average Bonchev–Trinajstić information content (AvgIpc) is 3.56. The number of hydrogen-bond acceptors (Lipinski definition) is 5. The maximum atomic E-state index is 14.2. The largest absolute Gasteiger partial charge is 0.497 e. The van der Waals surface area contributed by atoms with Gasteiger partial charge in [-0.1, -0.05) is 85.6 Å². The van der Waals surface area contributed by atoms with Crippen LogP contribution in [0, 0.1) is 0 Å². The van der Waals surface area contributed by atoms with Crippen LogP contribution in [0.4, 0.5) is 0 Å². The van der Waals surface area contributed by atoms with Gasteiger partial charge in [-0.05, 0) is 59.0 Å². The van der Waals surface area contributed by atoms with Gasteiger partial charge in [-0.15, -0.1) is 0 Å². The van der Waals surface area contributed by atoms with Gasteiger partial charge in [0.2, 0.25) is 21.8 Å². The van der Waals surface area contributed by atoms with E-state index in [2.05, 4.69) is 5.32 Å². The highest BCUT2D eigenvalue weighted by atomic mass is 32.2. The van der Waals surface area contributed by atoms with E-state index in [1.165, 1.54) is 11.9 Å². The van der Waals surface area contributed by atoms with E-state index in [9.17, 15) is 18.0 Å². The first-order chi connectivity index (χ1) is 21.2. The molecule has 9 heteroatoms. The summed E-state index contributed by atoms with van der Waals surface area (Å²) in [4.78, 5) is 29.7. The minimum atomic E-state index is -4.00. The summed E-state index contributed by atoms with van der Waals surface area (Å²) in [6.45, 7) is -0.323. The van der Waals surface area contributed by atoms with Crippen molar-refractivity contribution in [3.63, 3.8) is 0 Å². The standard InChI is InChI=1S/C35H39N3O5S/c1-37(44(41,42)32-20-19-28-14-6-7-15-29(28)23-32)25-34(39)38(24-27-13-10-18-31(21-27)43-2)33(22-26-11-4-3-5-12-26)35(40)36-30-16-8-9-17-30/h3-7,10-15,18-21,23,30,33H,8-9,16-17,22,24-25H2,1-2H3,(H,36,40). The second-order valence-electron chi connectivity index (χ2n) is 11.3. The molecule has 0 spiro atoms. The fraction of sp³-hybridized carbons (Fsp3) is 0.314. The lowest BCUT2D eigenvalue weighted by Gasteiger charge is -2.33. The Kier molecular flexibility index (Phi) is 9.97. The molecule has 1 unspecified atom stereocenters.